The molecule has 0 fully saturated rings. The fraction of sp³-hybridized carbons (Fsp3) is 0.294. The van der Waals surface area contributed by atoms with Crippen LogP contribution in [0.2, 0.25) is 0 Å². The molecular formula is C17H23N4O2+. The number of quaternary nitrogens is 1. The number of anilines is 1. The lowest BCUT2D eigenvalue weighted by atomic mass is 10.2. The fourth-order valence-corrected chi connectivity index (χ4v) is 2.14. The zero-order valence-electron chi connectivity index (χ0n) is 14.2. The summed E-state index contributed by atoms with van der Waals surface area (Å²) in [5.41, 5.74) is 8.85. The summed E-state index contributed by atoms with van der Waals surface area (Å²) < 4.78 is 11.3. The third kappa shape index (κ3) is 3.78. The lowest BCUT2D eigenvalue weighted by Crippen LogP contribution is -2.34. The number of nitrogen functional groups attached to an aromatic ring is 1. The summed E-state index contributed by atoms with van der Waals surface area (Å²) in [4.78, 5) is 0. The molecule has 0 atom stereocenters. The maximum atomic E-state index is 5.87. The molecule has 2 aromatic rings. The van der Waals surface area contributed by atoms with Crippen LogP contribution in [-0.4, -0.2) is 35.4 Å². The Bertz CT molecular complexity index is 721. The molecule has 0 unspecified atom stereocenters. The Morgan fingerprint density at radius 3 is 2.22 bits per heavy atom. The van der Waals surface area contributed by atoms with Crippen molar-refractivity contribution in [2.75, 3.05) is 41.1 Å². The maximum absolute atomic E-state index is 5.87. The van der Waals surface area contributed by atoms with Crippen LogP contribution in [0.25, 0.3) is 0 Å². The highest BCUT2D eigenvalue weighted by Gasteiger charge is 2.14. The first-order valence-corrected chi connectivity index (χ1v) is 7.21. The molecule has 23 heavy (non-hydrogen) atoms. The molecule has 0 amide bonds. The van der Waals surface area contributed by atoms with Gasteiger partial charge < -0.3 is 15.2 Å². The van der Waals surface area contributed by atoms with Gasteiger partial charge in [-0.2, -0.15) is 5.11 Å². The number of nitrogens with zero attached hydrogens (tertiary/aromatic N) is 3. The van der Waals surface area contributed by atoms with Gasteiger partial charge in [0.1, 0.15) is 11.4 Å². The highest BCUT2D eigenvalue weighted by Crippen LogP contribution is 2.42. The first-order valence-electron chi connectivity index (χ1n) is 7.21. The van der Waals surface area contributed by atoms with Gasteiger partial charge in [-0.25, -0.2) is 0 Å². The predicted molar refractivity (Wildman–Crippen MR) is 94.1 cm³/mol. The van der Waals surface area contributed by atoms with Crippen molar-refractivity contribution < 1.29 is 9.47 Å². The topological polar surface area (TPSA) is 69.2 Å². The Hall–Kier alpha value is -2.60. The molecule has 0 aliphatic heterocycles. The largest absolute Gasteiger partial charge is 0.491 e. The van der Waals surface area contributed by atoms with Crippen molar-refractivity contribution in [3.63, 3.8) is 0 Å². The van der Waals surface area contributed by atoms with E-state index in [4.69, 9.17) is 15.2 Å². The Morgan fingerprint density at radius 1 is 0.913 bits per heavy atom. The van der Waals surface area contributed by atoms with Crippen molar-refractivity contribution in [1.82, 2.24) is 4.48 Å². The van der Waals surface area contributed by atoms with Gasteiger partial charge in [0.25, 0.3) is 0 Å². The lowest BCUT2D eigenvalue weighted by molar-refractivity contribution is 0.357. The molecule has 0 radical (unpaired) electrons. The van der Waals surface area contributed by atoms with Crippen molar-refractivity contribution in [2.45, 2.75) is 0 Å². The van der Waals surface area contributed by atoms with E-state index < -0.39 is 0 Å². The second-order valence-electron chi connectivity index (χ2n) is 5.97. The van der Waals surface area contributed by atoms with Crippen molar-refractivity contribution in [3.05, 3.63) is 36.4 Å². The molecule has 2 rings (SSSR count). The standard InChI is InChI=1S/C17H23N4O2/c1-21(2,3)13-8-6-7-12(11-13)19-20-15-10-9-14(18)16(22-4)17(15)23-5/h6-11H,18H2,1-5H3/q+1. The van der Waals surface area contributed by atoms with Gasteiger partial charge in [0, 0.05) is 6.07 Å². The fourth-order valence-electron chi connectivity index (χ4n) is 2.14. The van der Waals surface area contributed by atoms with E-state index in [2.05, 4.69) is 37.4 Å². The van der Waals surface area contributed by atoms with Gasteiger partial charge in [-0.1, -0.05) is 6.07 Å². The van der Waals surface area contributed by atoms with E-state index in [-0.39, 0.29) is 0 Å². The number of benzene rings is 2. The molecule has 0 spiro atoms. The summed E-state index contributed by atoms with van der Waals surface area (Å²) in [5.74, 6) is 0.933. The Morgan fingerprint density at radius 2 is 1.61 bits per heavy atom. The monoisotopic (exact) mass is 315 g/mol. The summed E-state index contributed by atoms with van der Waals surface area (Å²) in [7, 11) is 9.40. The summed E-state index contributed by atoms with van der Waals surface area (Å²) in [6, 6.07) is 11.4. The van der Waals surface area contributed by atoms with E-state index in [1.54, 1.807) is 26.4 Å². The molecule has 122 valence electrons. The molecular weight excluding hydrogens is 292 g/mol. The van der Waals surface area contributed by atoms with Crippen molar-refractivity contribution in [3.8, 4) is 11.5 Å². The summed E-state index contributed by atoms with van der Waals surface area (Å²) in [6.45, 7) is 0. The zero-order chi connectivity index (χ0) is 17.0. The molecule has 0 bridgehead atoms. The molecule has 0 aliphatic rings. The highest BCUT2D eigenvalue weighted by atomic mass is 16.5. The molecule has 0 heterocycles. The zero-order valence-corrected chi connectivity index (χ0v) is 14.2. The SMILES string of the molecule is COc1c(N)ccc(N=Nc2cccc([N+](C)(C)C)c2)c1OC. The first kappa shape index (κ1) is 16.8. The van der Waals surface area contributed by atoms with E-state index in [0.717, 1.165) is 11.4 Å². The molecule has 2 N–H and O–H groups in total. The Kier molecular flexibility index (Phi) is 4.86. The van der Waals surface area contributed by atoms with E-state index in [9.17, 15) is 0 Å². The number of hydrogen-bond acceptors (Lipinski definition) is 5. The van der Waals surface area contributed by atoms with E-state index in [1.165, 1.54) is 0 Å². The van der Waals surface area contributed by atoms with Crippen LogP contribution in [0.4, 0.5) is 22.7 Å². The Balaban J connectivity index is 2.38. The van der Waals surface area contributed by atoms with Crippen LogP contribution < -0.4 is 19.7 Å². The van der Waals surface area contributed by atoms with Gasteiger partial charge in [0.05, 0.1) is 46.7 Å². The number of ether oxygens (including phenoxy) is 2. The van der Waals surface area contributed by atoms with Gasteiger partial charge in [-0.15, -0.1) is 5.11 Å². The number of rotatable bonds is 5. The number of azo groups is 1. The number of methoxy groups -OCH3 is 2. The number of nitrogens with two attached hydrogens (primary N) is 1. The minimum atomic E-state index is 0.462. The van der Waals surface area contributed by atoms with Crippen LogP contribution in [0, 0.1) is 0 Å². The average Bonchev–Trinajstić information content (AvgIpc) is 2.52. The van der Waals surface area contributed by atoms with Crippen LogP contribution in [-0.2, 0) is 0 Å². The molecule has 6 nitrogen and oxygen atoms in total. The van der Waals surface area contributed by atoms with Gasteiger partial charge >= 0.3 is 0 Å². The van der Waals surface area contributed by atoms with Crippen molar-refractivity contribution in [2.24, 2.45) is 10.2 Å². The third-order valence-corrected chi connectivity index (χ3v) is 3.41. The van der Waals surface area contributed by atoms with Crippen LogP contribution in [0.5, 0.6) is 11.5 Å². The van der Waals surface area contributed by atoms with E-state index >= 15 is 0 Å². The van der Waals surface area contributed by atoms with Crippen LogP contribution >= 0.6 is 0 Å². The second-order valence-corrected chi connectivity index (χ2v) is 5.97. The third-order valence-electron chi connectivity index (χ3n) is 3.41. The van der Waals surface area contributed by atoms with E-state index in [1.807, 2.05) is 18.2 Å². The molecule has 0 aromatic heterocycles. The maximum Gasteiger partial charge on any atom is 0.190 e. The minimum Gasteiger partial charge on any atom is -0.491 e. The van der Waals surface area contributed by atoms with Gasteiger partial charge in [-0.3, -0.25) is 4.48 Å². The lowest BCUT2D eigenvalue weighted by Gasteiger charge is -2.23. The Labute approximate surface area is 136 Å². The smallest absolute Gasteiger partial charge is 0.190 e. The average molecular weight is 315 g/mol. The molecule has 0 saturated carbocycles. The van der Waals surface area contributed by atoms with Crippen LogP contribution in [0.1, 0.15) is 0 Å². The van der Waals surface area contributed by atoms with Crippen molar-refractivity contribution in [1.29, 1.82) is 0 Å². The molecule has 0 aliphatic carbocycles. The summed E-state index contributed by atoms with van der Waals surface area (Å²) in [5, 5.41) is 8.58. The molecule has 2 aromatic carbocycles. The minimum absolute atomic E-state index is 0.462. The second kappa shape index (κ2) is 6.66. The van der Waals surface area contributed by atoms with Gasteiger partial charge in [0.2, 0.25) is 0 Å². The quantitative estimate of drug-likeness (QED) is 0.517. The first-order chi connectivity index (χ1) is 10.9. The molecule has 0 saturated heterocycles. The highest BCUT2D eigenvalue weighted by molar-refractivity contribution is 5.70. The predicted octanol–water partition coefficient (Wildman–Crippen LogP) is 3.90. The molecule has 6 heteroatoms. The van der Waals surface area contributed by atoms with E-state index in [0.29, 0.717) is 27.4 Å². The summed E-state index contributed by atoms with van der Waals surface area (Å²) >= 11 is 0. The van der Waals surface area contributed by atoms with Crippen LogP contribution in [0.15, 0.2) is 46.6 Å². The number of hydrogen-bond donors (Lipinski definition) is 1. The summed E-state index contributed by atoms with van der Waals surface area (Å²) in [6.07, 6.45) is 0. The van der Waals surface area contributed by atoms with Gasteiger partial charge in [0.15, 0.2) is 11.5 Å². The van der Waals surface area contributed by atoms with Crippen molar-refractivity contribution >= 4 is 22.7 Å². The van der Waals surface area contributed by atoms with Crippen LogP contribution in [0.3, 0.4) is 0 Å². The normalized spacial score (nSPS) is 11.7. The van der Waals surface area contributed by atoms with Gasteiger partial charge in [-0.05, 0) is 24.3 Å².